The van der Waals surface area contributed by atoms with Crippen LogP contribution in [0, 0.1) is 5.92 Å². The van der Waals surface area contributed by atoms with E-state index in [0.29, 0.717) is 18.2 Å². The molecule has 0 atom stereocenters. The van der Waals surface area contributed by atoms with Crippen molar-refractivity contribution in [1.82, 2.24) is 9.88 Å². The molecule has 2 heterocycles. The fourth-order valence-electron chi connectivity index (χ4n) is 2.56. The Labute approximate surface area is 113 Å². The molecule has 0 aliphatic carbocycles. The minimum atomic E-state index is -0.688. The lowest BCUT2D eigenvalue weighted by molar-refractivity contribution is -0.138. The van der Waals surface area contributed by atoms with E-state index in [2.05, 4.69) is 9.88 Å². The number of carboxylic acids is 1. The fraction of sp³-hybridized carbons (Fsp3) is 0.571. The molecule has 1 N–H and O–H groups in total. The molecular weight excluding hydrogens is 244 g/mol. The second kappa shape index (κ2) is 6.52. The van der Waals surface area contributed by atoms with E-state index in [0.717, 1.165) is 38.0 Å². The van der Waals surface area contributed by atoms with Crippen LogP contribution in [0.15, 0.2) is 18.3 Å². The second-order valence-electron chi connectivity index (χ2n) is 4.99. The molecule has 5 heteroatoms. The number of nitrogens with zero attached hydrogens (tertiary/aromatic N) is 2. The molecule has 5 nitrogen and oxygen atoms in total. The highest BCUT2D eigenvalue weighted by Gasteiger charge is 2.21. The summed E-state index contributed by atoms with van der Waals surface area (Å²) in [6.07, 6.45) is 3.93. The van der Waals surface area contributed by atoms with Gasteiger partial charge in [0, 0.05) is 24.7 Å². The zero-order valence-corrected chi connectivity index (χ0v) is 11.2. The summed E-state index contributed by atoms with van der Waals surface area (Å²) in [5, 5.41) is 8.80. The maximum Gasteiger partial charge on any atom is 0.303 e. The molecular formula is C14H20N2O3. The van der Waals surface area contributed by atoms with Gasteiger partial charge in [-0.25, -0.2) is 4.98 Å². The van der Waals surface area contributed by atoms with Crippen LogP contribution in [0.2, 0.25) is 0 Å². The molecule has 0 spiro atoms. The van der Waals surface area contributed by atoms with E-state index >= 15 is 0 Å². The minimum Gasteiger partial charge on any atom is -0.481 e. The Morgan fingerprint density at radius 1 is 1.53 bits per heavy atom. The Balaban J connectivity index is 1.87. The Hall–Kier alpha value is -1.62. The number of piperidine rings is 1. The molecule has 1 aromatic heterocycles. The van der Waals surface area contributed by atoms with Crippen molar-refractivity contribution < 1.29 is 14.6 Å². The smallest absolute Gasteiger partial charge is 0.303 e. The number of rotatable bonds is 5. The van der Waals surface area contributed by atoms with Gasteiger partial charge in [0.05, 0.1) is 7.11 Å². The third kappa shape index (κ3) is 3.92. The lowest BCUT2D eigenvalue weighted by atomic mass is 9.93. The molecule has 0 aromatic carbocycles. The van der Waals surface area contributed by atoms with Gasteiger partial charge in [0.2, 0.25) is 5.88 Å². The first-order valence-electron chi connectivity index (χ1n) is 6.61. The second-order valence-corrected chi connectivity index (χ2v) is 4.99. The number of carboxylic acid groups (broad SMARTS) is 1. The van der Waals surface area contributed by atoms with Gasteiger partial charge >= 0.3 is 5.97 Å². The first-order chi connectivity index (χ1) is 9.19. The molecule has 1 saturated heterocycles. The van der Waals surface area contributed by atoms with E-state index in [1.165, 1.54) is 0 Å². The van der Waals surface area contributed by atoms with Crippen molar-refractivity contribution in [2.45, 2.75) is 25.8 Å². The highest BCUT2D eigenvalue weighted by Crippen LogP contribution is 2.23. The number of ether oxygens (including phenoxy) is 1. The third-order valence-electron chi connectivity index (χ3n) is 3.61. The molecule has 0 saturated carbocycles. The van der Waals surface area contributed by atoms with Crippen LogP contribution < -0.4 is 4.74 Å². The molecule has 2 rings (SSSR count). The largest absolute Gasteiger partial charge is 0.481 e. The number of aliphatic carboxylic acids is 1. The SMILES string of the molecule is COc1ncccc1CN1CCC(CC(=O)O)CC1. The maximum absolute atomic E-state index is 10.7. The monoisotopic (exact) mass is 264 g/mol. The Morgan fingerprint density at radius 2 is 2.26 bits per heavy atom. The summed E-state index contributed by atoms with van der Waals surface area (Å²) in [5.74, 6) is 0.312. The Morgan fingerprint density at radius 3 is 2.89 bits per heavy atom. The third-order valence-corrected chi connectivity index (χ3v) is 3.61. The zero-order chi connectivity index (χ0) is 13.7. The lowest BCUT2D eigenvalue weighted by Gasteiger charge is -2.31. The summed E-state index contributed by atoms with van der Waals surface area (Å²) >= 11 is 0. The molecule has 0 amide bonds. The molecule has 1 fully saturated rings. The average Bonchev–Trinajstić information content (AvgIpc) is 2.41. The van der Waals surface area contributed by atoms with Crippen LogP contribution >= 0.6 is 0 Å². The average molecular weight is 264 g/mol. The number of carbonyl (C=O) groups is 1. The Bertz CT molecular complexity index is 428. The van der Waals surface area contributed by atoms with Gasteiger partial charge in [0.1, 0.15) is 0 Å². The summed E-state index contributed by atoms with van der Waals surface area (Å²) in [6, 6.07) is 3.93. The van der Waals surface area contributed by atoms with Gasteiger partial charge in [-0.15, -0.1) is 0 Å². The van der Waals surface area contributed by atoms with Crippen LogP contribution in [-0.2, 0) is 11.3 Å². The first kappa shape index (κ1) is 13.8. The highest BCUT2D eigenvalue weighted by atomic mass is 16.5. The van der Waals surface area contributed by atoms with E-state index in [1.54, 1.807) is 13.3 Å². The minimum absolute atomic E-state index is 0.296. The Kier molecular flexibility index (Phi) is 4.74. The van der Waals surface area contributed by atoms with Crippen molar-refractivity contribution in [1.29, 1.82) is 0 Å². The van der Waals surface area contributed by atoms with Crippen molar-refractivity contribution >= 4 is 5.97 Å². The summed E-state index contributed by atoms with van der Waals surface area (Å²) < 4.78 is 5.25. The molecule has 1 aliphatic rings. The topological polar surface area (TPSA) is 62.7 Å². The van der Waals surface area contributed by atoms with Crippen LogP contribution in [-0.4, -0.2) is 41.2 Å². The van der Waals surface area contributed by atoms with Gasteiger partial charge in [-0.3, -0.25) is 9.69 Å². The van der Waals surface area contributed by atoms with Crippen molar-refractivity contribution in [2.75, 3.05) is 20.2 Å². The summed E-state index contributed by atoms with van der Waals surface area (Å²) in [4.78, 5) is 17.2. The van der Waals surface area contributed by atoms with Gasteiger partial charge in [0.15, 0.2) is 0 Å². The van der Waals surface area contributed by atoms with Crippen LogP contribution in [0.3, 0.4) is 0 Å². The molecule has 0 unspecified atom stereocenters. The zero-order valence-electron chi connectivity index (χ0n) is 11.2. The van der Waals surface area contributed by atoms with Gasteiger partial charge in [-0.1, -0.05) is 6.07 Å². The predicted molar refractivity (Wildman–Crippen MR) is 71.0 cm³/mol. The highest BCUT2D eigenvalue weighted by molar-refractivity contribution is 5.67. The fourth-order valence-corrected chi connectivity index (χ4v) is 2.56. The van der Waals surface area contributed by atoms with Crippen LogP contribution in [0.4, 0.5) is 0 Å². The maximum atomic E-state index is 10.7. The van der Waals surface area contributed by atoms with Gasteiger partial charge in [0.25, 0.3) is 0 Å². The standard InChI is InChI=1S/C14H20N2O3/c1-19-14-12(3-2-6-15-14)10-16-7-4-11(5-8-16)9-13(17)18/h2-3,6,11H,4-5,7-10H2,1H3,(H,17,18). The quantitative estimate of drug-likeness (QED) is 0.878. The van der Waals surface area contributed by atoms with E-state index in [-0.39, 0.29) is 0 Å². The molecule has 104 valence electrons. The van der Waals surface area contributed by atoms with Crippen molar-refractivity contribution in [3.8, 4) is 5.88 Å². The lowest BCUT2D eigenvalue weighted by Crippen LogP contribution is -2.34. The number of hydrogen-bond acceptors (Lipinski definition) is 4. The van der Waals surface area contributed by atoms with Crippen LogP contribution in [0.1, 0.15) is 24.8 Å². The normalized spacial score (nSPS) is 17.3. The summed E-state index contributed by atoms with van der Waals surface area (Å²) in [6.45, 7) is 2.70. The van der Waals surface area contributed by atoms with Gasteiger partial charge < -0.3 is 9.84 Å². The predicted octanol–water partition coefficient (Wildman–Crippen LogP) is 1.78. The van der Waals surface area contributed by atoms with Crippen molar-refractivity contribution in [3.63, 3.8) is 0 Å². The number of hydrogen-bond donors (Lipinski definition) is 1. The molecule has 0 bridgehead atoms. The van der Waals surface area contributed by atoms with Crippen LogP contribution in [0.25, 0.3) is 0 Å². The van der Waals surface area contributed by atoms with Crippen LogP contribution in [0.5, 0.6) is 5.88 Å². The van der Waals surface area contributed by atoms with Crippen molar-refractivity contribution in [3.05, 3.63) is 23.9 Å². The molecule has 19 heavy (non-hydrogen) atoms. The van der Waals surface area contributed by atoms with E-state index in [4.69, 9.17) is 9.84 Å². The summed E-state index contributed by atoms with van der Waals surface area (Å²) in [7, 11) is 1.63. The van der Waals surface area contributed by atoms with Gasteiger partial charge in [-0.05, 0) is 37.9 Å². The van der Waals surface area contributed by atoms with E-state index < -0.39 is 5.97 Å². The van der Waals surface area contributed by atoms with E-state index in [1.807, 2.05) is 12.1 Å². The number of likely N-dealkylation sites (tertiary alicyclic amines) is 1. The number of aromatic nitrogens is 1. The molecule has 0 radical (unpaired) electrons. The molecule has 1 aliphatic heterocycles. The first-order valence-corrected chi connectivity index (χ1v) is 6.61. The number of methoxy groups -OCH3 is 1. The molecule has 1 aromatic rings. The van der Waals surface area contributed by atoms with Crippen molar-refractivity contribution in [2.24, 2.45) is 5.92 Å². The number of pyridine rings is 1. The van der Waals surface area contributed by atoms with E-state index in [9.17, 15) is 4.79 Å². The summed E-state index contributed by atoms with van der Waals surface area (Å²) in [5.41, 5.74) is 1.08. The van der Waals surface area contributed by atoms with Gasteiger partial charge in [-0.2, -0.15) is 0 Å².